The van der Waals surface area contributed by atoms with Crippen molar-refractivity contribution in [3.8, 4) is 16.9 Å². The molecule has 4 rings (SSSR count). The van der Waals surface area contributed by atoms with Crippen LogP contribution in [0.1, 0.15) is 21.5 Å². The number of fused-ring (bicyclic) bond motifs is 1. The number of carbonyl (C=O) groups is 1. The number of amides is 1. The van der Waals surface area contributed by atoms with Crippen molar-refractivity contribution in [2.24, 2.45) is 0 Å². The number of pyridine rings is 1. The number of nitrogens with zero attached hydrogens (tertiary/aromatic N) is 2. The Morgan fingerprint density at radius 1 is 1.07 bits per heavy atom. The number of rotatable bonds is 2. The number of hydrogen-bond donors (Lipinski definition) is 0. The third-order valence-corrected chi connectivity index (χ3v) is 4.79. The van der Waals surface area contributed by atoms with Crippen LogP contribution in [0, 0.1) is 0 Å². The molecule has 0 saturated heterocycles. The highest BCUT2D eigenvalue weighted by Crippen LogP contribution is 2.34. The summed E-state index contributed by atoms with van der Waals surface area (Å²) in [6.07, 6.45) is -1.36. The standard InChI is InChI=1S/C22H17F3N2O2/c23-22(24,25)17-6-7-20-16(12-17)14-27(10-11-29-20)21(28)19-13-26-9-8-18(19)15-4-2-1-3-5-15/h1-9,12-13H,10-11,14H2. The Bertz CT molecular complexity index is 1040. The first kappa shape index (κ1) is 19.0. The quantitative estimate of drug-likeness (QED) is 0.623. The number of ether oxygens (including phenoxy) is 1. The Balaban J connectivity index is 1.67. The fraction of sp³-hybridized carbons (Fsp3) is 0.182. The van der Waals surface area contributed by atoms with Crippen LogP contribution in [0.5, 0.6) is 5.75 Å². The van der Waals surface area contributed by atoms with Crippen molar-refractivity contribution in [2.45, 2.75) is 12.7 Å². The Hall–Kier alpha value is -3.35. The van der Waals surface area contributed by atoms with Gasteiger partial charge in [0.25, 0.3) is 5.91 Å². The lowest BCUT2D eigenvalue weighted by Gasteiger charge is -2.21. The molecule has 29 heavy (non-hydrogen) atoms. The smallest absolute Gasteiger partial charge is 0.416 e. The van der Waals surface area contributed by atoms with Crippen LogP contribution >= 0.6 is 0 Å². The second-order valence-corrected chi connectivity index (χ2v) is 6.68. The van der Waals surface area contributed by atoms with Gasteiger partial charge in [-0.15, -0.1) is 0 Å². The summed E-state index contributed by atoms with van der Waals surface area (Å²) in [6, 6.07) is 14.5. The minimum absolute atomic E-state index is 0.0290. The van der Waals surface area contributed by atoms with Gasteiger partial charge in [0.1, 0.15) is 12.4 Å². The van der Waals surface area contributed by atoms with Gasteiger partial charge in [0.15, 0.2) is 0 Å². The molecule has 0 N–H and O–H groups in total. The highest BCUT2D eigenvalue weighted by Gasteiger charge is 2.32. The van der Waals surface area contributed by atoms with E-state index < -0.39 is 11.7 Å². The first-order chi connectivity index (χ1) is 13.9. The van der Waals surface area contributed by atoms with Gasteiger partial charge in [0.2, 0.25) is 0 Å². The fourth-order valence-electron chi connectivity index (χ4n) is 3.35. The topological polar surface area (TPSA) is 42.4 Å². The zero-order chi connectivity index (χ0) is 20.4. The highest BCUT2D eigenvalue weighted by atomic mass is 19.4. The number of alkyl halides is 3. The first-order valence-corrected chi connectivity index (χ1v) is 9.05. The Labute approximate surface area is 165 Å². The molecule has 2 aromatic carbocycles. The van der Waals surface area contributed by atoms with Crippen molar-refractivity contribution in [3.63, 3.8) is 0 Å². The van der Waals surface area contributed by atoms with Crippen LogP contribution in [0.25, 0.3) is 11.1 Å². The zero-order valence-electron chi connectivity index (χ0n) is 15.3. The monoisotopic (exact) mass is 398 g/mol. The Morgan fingerprint density at radius 2 is 1.86 bits per heavy atom. The summed E-state index contributed by atoms with van der Waals surface area (Å²) in [6.45, 7) is 0.490. The molecular formula is C22H17F3N2O2. The molecule has 0 radical (unpaired) electrons. The van der Waals surface area contributed by atoms with Crippen molar-refractivity contribution >= 4 is 5.91 Å². The third-order valence-electron chi connectivity index (χ3n) is 4.79. The molecule has 0 aliphatic carbocycles. The van der Waals surface area contributed by atoms with Crippen LogP contribution in [-0.2, 0) is 12.7 Å². The van der Waals surface area contributed by atoms with Gasteiger partial charge in [-0.05, 0) is 35.4 Å². The van der Waals surface area contributed by atoms with Gasteiger partial charge >= 0.3 is 6.18 Å². The van der Waals surface area contributed by atoms with Crippen LogP contribution in [0.15, 0.2) is 67.0 Å². The molecule has 1 amide bonds. The van der Waals surface area contributed by atoms with E-state index in [1.165, 1.54) is 17.2 Å². The van der Waals surface area contributed by atoms with Crippen LogP contribution in [0.4, 0.5) is 13.2 Å². The van der Waals surface area contributed by atoms with E-state index in [0.717, 1.165) is 23.3 Å². The number of hydrogen-bond acceptors (Lipinski definition) is 3. The van der Waals surface area contributed by atoms with Gasteiger partial charge < -0.3 is 9.64 Å². The maximum absolute atomic E-state index is 13.2. The summed E-state index contributed by atoms with van der Waals surface area (Å²) in [5.74, 6) is 0.0635. The van der Waals surface area contributed by atoms with Crippen molar-refractivity contribution in [3.05, 3.63) is 83.7 Å². The van der Waals surface area contributed by atoms with E-state index in [-0.39, 0.29) is 25.6 Å². The lowest BCUT2D eigenvalue weighted by atomic mass is 10.0. The minimum atomic E-state index is -4.46. The molecule has 0 atom stereocenters. The van der Waals surface area contributed by atoms with Crippen LogP contribution < -0.4 is 4.74 Å². The number of aromatic nitrogens is 1. The average Bonchev–Trinajstić information content (AvgIpc) is 2.95. The van der Waals surface area contributed by atoms with E-state index in [9.17, 15) is 18.0 Å². The van der Waals surface area contributed by atoms with E-state index in [2.05, 4.69) is 4.98 Å². The molecule has 148 valence electrons. The molecule has 0 spiro atoms. The lowest BCUT2D eigenvalue weighted by Crippen LogP contribution is -2.33. The molecule has 1 aliphatic rings. The SMILES string of the molecule is O=C(c1cnccc1-c1ccccc1)N1CCOc2ccc(C(F)(F)F)cc2C1. The summed E-state index contributed by atoms with van der Waals surface area (Å²) in [4.78, 5) is 18.8. The van der Waals surface area contributed by atoms with Crippen molar-refractivity contribution in [1.82, 2.24) is 9.88 Å². The van der Waals surface area contributed by atoms with E-state index >= 15 is 0 Å². The first-order valence-electron chi connectivity index (χ1n) is 9.05. The molecule has 3 aromatic rings. The summed E-state index contributed by atoms with van der Waals surface area (Å²) in [5, 5.41) is 0. The average molecular weight is 398 g/mol. The van der Waals surface area contributed by atoms with Crippen LogP contribution in [0.3, 0.4) is 0 Å². The van der Waals surface area contributed by atoms with Crippen LogP contribution in [-0.4, -0.2) is 28.9 Å². The molecule has 0 unspecified atom stereocenters. The maximum atomic E-state index is 13.2. The lowest BCUT2D eigenvalue weighted by molar-refractivity contribution is -0.137. The number of halogens is 3. The van der Waals surface area contributed by atoms with Gasteiger partial charge in [-0.25, -0.2) is 0 Å². The van der Waals surface area contributed by atoms with E-state index in [1.807, 2.05) is 30.3 Å². The zero-order valence-corrected chi connectivity index (χ0v) is 15.3. The van der Waals surface area contributed by atoms with Gasteiger partial charge in [0.05, 0.1) is 17.7 Å². The van der Waals surface area contributed by atoms with E-state index in [4.69, 9.17) is 4.74 Å². The largest absolute Gasteiger partial charge is 0.491 e. The van der Waals surface area contributed by atoms with Gasteiger partial charge in [0, 0.05) is 24.5 Å². The van der Waals surface area contributed by atoms with E-state index in [0.29, 0.717) is 16.9 Å². The molecular weight excluding hydrogens is 381 g/mol. The third kappa shape index (κ3) is 3.94. The molecule has 2 heterocycles. The molecule has 0 fully saturated rings. The molecule has 4 nitrogen and oxygen atoms in total. The van der Waals surface area contributed by atoms with Gasteiger partial charge in [-0.3, -0.25) is 9.78 Å². The highest BCUT2D eigenvalue weighted by molar-refractivity contribution is 6.00. The normalized spacial score (nSPS) is 14.0. The molecule has 0 bridgehead atoms. The number of carbonyl (C=O) groups excluding carboxylic acids is 1. The predicted octanol–water partition coefficient (Wildman–Crippen LogP) is 4.80. The van der Waals surface area contributed by atoms with Crippen molar-refractivity contribution in [2.75, 3.05) is 13.2 Å². The summed E-state index contributed by atoms with van der Waals surface area (Å²) in [5.41, 5.74) is 1.55. The number of benzene rings is 2. The molecule has 7 heteroatoms. The van der Waals surface area contributed by atoms with Crippen molar-refractivity contribution < 1.29 is 22.7 Å². The Kier molecular flexibility index (Phi) is 4.96. The van der Waals surface area contributed by atoms with Gasteiger partial charge in [-0.1, -0.05) is 30.3 Å². The van der Waals surface area contributed by atoms with E-state index in [1.54, 1.807) is 12.3 Å². The summed E-state index contributed by atoms with van der Waals surface area (Å²) >= 11 is 0. The summed E-state index contributed by atoms with van der Waals surface area (Å²) in [7, 11) is 0. The second-order valence-electron chi connectivity index (χ2n) is 6.68. The Morgan fingerprint density at radius 3 is 2.62 bits per heavy atom. The summed E-state index contributed by atoms with van der Waals surface area (Å²) < 4.78 is 44.8. The molecule has 1 aromatic heterocycles. The van der Waals surface area contributed by atoms with Gasteiger partial charge in [-0.2, -0.15) is 13.2 Å². The van der Waals surface area contributed by atoms with Crippen molar-refractivity contribution in [1.29, 1.82) is 0 Å². The predicted molar refractivity (Wildman–Crippen MR) is 101 cm³/mol. The minimum Gasteiger partial charge on any atom is -0.491 e. The van der Waals surface area contributed by atoms with Crippen LogP contribution in [0.2, 0.25) is 0 Å². The molecule has 0 saturated carbocycles. The maximum Gasteiger partial charge on any atom is 0.416 e. The second kappa shape index (κ2) is 7.58. The molecule has 1 aliphatic heterocycles. The fourth-order valence-corrected chi connectivity index (χ4v) is 3.35.